The van der Waals surface area contributed by atoms with E-state index >= 15 is 0 Å². The zero-order valence-corrected chi connectivity index (χ0v) is 19.3. The summed E-state index contributed by atoms with van der Waals surface area (Å²) in [5, 5.41) is 6.68. The zero-order chi connectivity index (χ0) is 22.2. The van der Waals surface area contributed by atoms with E-state index in [0.29, 0.717) is 18.1 Å². The fraction of sp³-hybridized carbons (Fsp3) is 0.0741. The van der Waals surface area contributed by atoms with E-state index in [1.165, 1.54) is 0 Å². The summed E-state index contributed by atoms with van der Waals surface area (Å²) in [5.74, 6) is 1.32. The maximum absolute atomic E-state index is 6.00. The number of methoxy groups -OCH3 is 1. The number of ether oxygens (including phenoxy) is 2. The van der Waals surface area contributed by atoms with Crippen LogP contribution in [0.1, 0.15) is 11.1 Å². The molecular weight excluding hydrogens is 464 g/mol. The van der Waals surface area contributed by atoms with Gasteiger partial charge in [-0.15, -0.1) is 0 Å². The van der Waals surface area contributed by atoms with Gasteiger partial charge in [-0.05, 0) is 57.9 Å². The van der Waals surface area contributed by atoms with Crippen LogP contribution in [0.15, 0.2) is 113 Å². The number of halogens is 1. The van der Waals surface area contributed by atoms with Gasteiger partial charge in [-0.25, -0.2) is 5.01 Å². The first-order valence-corrected chi connectivity index (χ1v) is 11.0. The van der Waals surface area contributed by atoms with Crippen LogP contribution in [0.2, 0.25) is 0 Å². The normalized spacial score (nSPS) is 10.8. The number of hydrogen-bond donors (Lipinski definition) is 0. The van der Waals surface area contributed by atoms with Crippen LogP contribution in [-0.4, -0.2) is 13.3 Å². The average Bonchev–Trinajstić information content (AvgIpc) is 2.86. The summed E-state index contributed by atoms with van der Waals surface area (Å²) in [7, 11) is 1.64. The lowest BCUT2D eigenvalue weighted by Crippen LogP contribution is -2.09. The third-order valence-electron chi connectivity index (χ3n) is 4.83. The van der Waals surface area contributed by atoms with Crippen molar-refractivity contribution >= 4 is 33.5 Å². The van der Waals surface area contributed by atoms with Crippen molar-refractivity contribution in [2.45, 2.75) is 6.61 Å². The SMILES string of the molecule is COc1cc(/C=N\N(c2ccccc2)c2ccccc2)c(Br)cc1OCc1ccccc1. The van der Waals surface area contributed by atoms with E-state index in [9.17, 15) is 0 Å². The fourth-order valence-electron chi connectivity index (χ4n) is 3.20. The molecule has 4 nitrogen and oxygen atoms in total. The highest BCUT2D eigenvalue weighted by Gasteiger charge is 2.11. The van der Waals surface area contributed by atoms with Crippen molar-refractivity contribution in [3.05, 3.63) is 119 Å². The molecule has 160 valence electrons. The molecule has 0 bridgehead atoms. The molecule has 0 aliphatic rings. The van der Waals surface area contributed by atoms with E-state index < -0.39 is 0 Å². The van der Waals surface area contributed by atoms with Gasteiger partial charge in [0.15, 0.2) is 11.5 Å². The Hall–Kier alpha value is -3.57. The highest BCUT2D eigenvalue weighted by atomic mass is 79.9. The molecule has 0 aliphatic heterocycles. The minimum atomic E-state index is 0.465. The van der Waals surface area contributed by atoms with Crippen LogP contribution in [0.4, 0.5) is 11.4 Å². The van der Waals surface area contributed by atoms with E-state index in [2.05, 4.69) is 15.9 Å². The van der Waals surface area contributed by atoms with Crippen LogP contribution < -0.4 is 14.5 Å². The molecule has 0 fully saturated rings. The summed E-state index contributed by atoms with van der Waals surface area (Å²) in [5.41, 5.74) is 3.92. The van der Waals surface area contributed by atoms with Gasteiger partial charge in [0.25, 0.3) is 0 Å². The van der Waals surface area contributed by atoms with Crippen molar-refractivity contribution in [2.24, 2.45) is 5.10 Å². The van der Waals surface area contributed by atoms with Crippen LogP contribution in [0.5, 0.6) is 11.5 Å². The van der Waals surface area contributed by atoms with Gasteiger partial charge in [0.2, 0.25) is 0 Å². The van der Waals surface area contributed by atoms with Gasteiger partial charge in [-0.3, -0.25) is 0 Å². The minimum Gasteiger partial charge on any atom is -0.493 e. The molecule has 0 radical (unpaired) electrons. The van der Waals surface area contributed by atoms with Crippen molar-refractivity contribution in [1.29, 1.82) is 0 Å². The van der Waals surface area contributed by atoms with Crippen LogP contribution >= 0.6 is 15.9 Å². The number of rotatable bonds is 8. The lowest BCUT2D eigenvalue weighted by Gasteiger charge is -2.19. The number of benzene rings is 4. The van der Waals surface area contributed by atoms with Crippen LogP contribution in [0, 0.1) is 0 Å². The van der Waals surface area contributed by atoms with Crippen molar-refractivity contribution in [2.75, 3.05) is 12.1 Å². The smallest absolute Gasteiger partial charge is 0.162 e. The Balaban J connectivity index is 1.60. The Morgan fingerprint density at radius 1 is 0.781 bits per heavy atom. The van der Waals surface area contributed by atoms with Crippen molar-refractivity contribution in [3.8, 4) is 11.5 Å². The molecule has 32 heavy (non-hydrogen) atoms. The van der Waals surface area contributed by atoms with Gasteiger partial charge < -0.3 is 9.47 Å². The van der Waals surface area contributed by atoms with Crippen molar-refractivity contribution in [1.82, 2.24) is 0 Å². The molecule has 0 atom stereocenters. The molecule has 0 aromatic heterocycles. The molecule has 0 heterocycles. The van der Waals surface area contributed by atoms with Gasteiger partial charge >= 0.3 is 0 Å². The Kier molecular flexibility index (Phi) is 7.20. The molecule has 0 amide bonds. The average molecular weight is 487 g/mol. The summed E-state index contributed by atoms with van der Waals surface area (Å²) in [4.78, 5) is 0. The number of hydrazone groups is 1. The number of para-hydroxylation sites is 2. The zero-order valence-electron chi connectivity index (χ0n) is 17.7. The molecule has 4 rings (SSSR count). The topological polar surface area (TPSA) is 34.1 Å². The largest absolute Gasteiger partial charge is 0.493 e. The second-order valence-corrected chi connectivity index (χ2v) is 7.88. The summed E-state index contributed by atoms with van der Waals surface area (Å²) >= 11 is 3.65. The highest BCUT2D eigenvalue weighted by molar-refractivity contribution is 9.10. The molecule has 5 heteroatoms. The molecular formula is C27H23BrN2O2. The summed E-state index contributed by atoms with van der Waals surface area (Å²) in [6, 6.07) is 34.0. The van der Waals surface area contributed by atoms with Crippen molar-refractivity contribution < 1.29 is 9.47 Å². The fourth-order valence-corrected chi connectivity index (χ4v) is 3.62. The maximum atomic E-state index is 6.00. The first-order chi connectivity index (χ1) is 15.7. The molecule has 0 unspecified atom stereocenters. The van der Waals surface area contributed by atoms with Gasteiger partial charge in [-0.1, -0.05) is 66.7 Å². The Morgan fingerprint density at radius 2 is 1.34 bits per heavy atom. The quantitative estimate of drug-likeness (QED) is 0.195. The van der Waals surface area contributed by atoms with E-state index in [0.717, 1.165) is 27.0 Å². The molecule has 0 saturated carbocycles. The summed E-state index contributed by atoms with van der Waals surface area (Å²) < 4.78 is 12.5. The highest BCUT2D eigenvalue weighted by Crippen LogP contribution is 2.34. The van der Waals surface area contributed by atoms with E-state index in [4.69, 9.17) is 14.6 Å². The molecule has 4 aromatic carbocycles. The molecule has 0 N–H and O–H groups in total. The van der Waals surface area contributed by atoms with E-state index in [1.807, 2.05) is 114 Å². The predicted molar refractivity (Wildman–Crippen MR) is 134 cm³/mol. The minimum absolute atomic E-state index is 0.465. The molecule has 0 aliphatic carbocycles. The second-order valence-electron chi connectivity index (χ2n) is 7.03. The first-order valence-electron chi connectivity index (χ1n) is 10.2. The number of nitrogens with zero attached hydrogens (tertiary/aromatic N) is 2. The van der Waals surface area contributed by atoms with Gasteiger partial charge in [0, 0.05) is 10.0 Å². The standard InChI is InChI=1S/C27H23BrN2O2/c1-31-26-17-22(25(28)18-27(26)32-20-21-11-5-2-6-12-21)19-29-30(23-13-7-3-8-14-23)24-15-9-4-10-16-24/h2-19H,20H2,1H3/b29-19-. The van der Waals surface area contributed by atoms with E-state index in [-0.39, 0.29) is 0 Å². The molecule has 0 saturated heterocycles. The lowest BCUT2D eigenvalue weighted by atomic mass is 10.2. The third kappa shape index (κ3) is 5.37. The van der Waals surface area contributed by atoms with Crippen LogP contribution in [0.3, 0.4) is 0 Å². The number of hydrogen-bond acceptors (Lipinski definition) is 4. The Morgan fingerprint density at radius 3 is 1.91 bits per heavy atom. The summed E-state index contributed by atoms with van der Waals surface area (Å²) in [6.07, 6.45) is 1.81. The van der Waals surface area contributed by atoms with Crippen LogP contribution in [-0.2, 0) is 6.61 Å². The summed E-state index contributed by atoms with van der Waals surface area (Å²) in [6.45, 7) is 0.465. The molecule has 0 spiro atoms. The monoisotopic (exact) mass is 486 g/mol. The maximum Gasteiger partial charge on any atom is 0.162 e. The Bertz CT molecular complexity index is 1130. The predicted octanol–water partition coefficient (Wildman–Crippen LogP) is 7.21. The van der Waals surface area contributed by atoms with Crippen molar-refractivity contribution in [3.63, 3.8) is 0 Å². The van der Waals surface area contributed by atoms with Gasteiger partial charge in [0.05, 0.1) is 24.7 Å². The van der Waals surface area contributed by atoms with Gasteiger partial charge in [0.1, 0.15) is 6.61 Å². The van der Waals surface area contributed by atoms with Crippen LogP contribution in [0.25, 0.3) is 0 Å². The number of anilines is 2. The van der Waals surface area contributed by atoms with Gasteiger partial charge in [-0.2, -0.15) is 5.10 Å². The first kappa shape index (κ1) is 21.7. The third-order valence-corrected chi connectivity index (χ3v) is 5.52. The molecule has 4 aromatic rings. The van der Waals surface area contributed by atoms with E-state index in [1.54, 1.807) is 7.11 Å². The second kappa shape index (κ2) is 10.6. The lowest BCUT2D eigenvalue weighted by molar-refractivity contribution is 0.284. The Labute approximate surface area is 196 Å².